The lowest BCUT2D eigenvalue weighted by molar-refractivity contribution is 0.0986. The summed E-state index contributed by atoms with van der Waals surface area (Å²) in [6, 6.07) is 19.9. The first kappa shape index (κ1) is 18.6. The molecule has 0 spiro atoms. The normalized spacial score (nSPS) is 10.5. The number of thiophene rings is 1. The minimum atomic E-state index is -0.397. The fraction of sp³-hybridized carbons (Fsp3) is 0.0455. The molecule has 2 amide bonds. The first-order chi connectivity index (χ1) is 14.1. The minimum Gasteiger partial charge on any atom is -0.350 e. The second kappa shape index (κ2) is 8.12. The van der Waals surface area contributed by atoms with Gasteiger partial charge < -0.3 is 15.2 Å². The van der Waals surface area contributed by atoms with E-state index in [2.05, 4.69) is 15.8 Å². The molecule has 4 rings (SSSR count). The number of nitrogens with one attached hydrogen (secondary N) is 2. The van der Waals surface area contributed by atoms with E-state index in [0.29, 0.717) is 21.9 Å². The Bertz CT molecular complexity index is 1130. The van der Waals surface area contributed by atoms with Crippen molar-refractivity contribution in [2.24, 2.45) is 0 Å². The van der Waals surface area contributed by atoms with Gasteiger partial charge in [0.1, 0.15) is 5.69 Å². The number of hydrogen-bond acceptors (Lipinski definition) is 5. The summed E-state index contributed by atoms with van der Waals surface area (Å²) < 4.78 is 5.18. The average molecular weight is 403 g/mol. The largest absolute Gasteiger partial charge is 0.350 e. The molecule has 0 atom stereocenters. The molecule has 2 N–H and O–H groups in total. The Balaban J connectivity index is 1.39. The Kier molecular flexibility index (Phi) is 5.22. The average Bonchev–Trinajstić information content (AvgIpc) is 3.42. The molecule has 0 saturated heterocycles. The highest BCUT2D eigenvalue weighted by molar-refractivity contribution is 7.12. The van der Waals surface area contributed by atoms with Gasteiger partial charge in [-0.3, -0.25) is 9.59 Å². The number of carbonyl (C=O) groups is 2. The Hall–Kier alpha value is -3.71. The Morgan fingerprint density at radius 3 is 2.17 bits per heavy atom. The van der Waals surface area contributed by atoms with E-state index in [1.54, 1.807) is 36.4 Å². The molecule has 29 heavy (non-hydrogen) atoms. The predicted octanol–water partition coefficient (Wildman–Crippen LogP) is 5.22. The number of anilines is 2. The van der Waals surface area contributed by atoms with Crippen molar-refractivity contribution >= 4 is 34.5 Å². The number of hydrogen-bond donors (Lipinski definition) is 2. The van der Waals surface area contributed by atoms with E-state index in [1.807, 2.05) is 42.6 Å². The third kappa shape index (κ3) is 4.41. The lowest BCUT2D eigenvalue weighted by Gasteiger charge is -2.06. The molecule has 6 nitrogen and oxygen atoms in total. The number of nitrogens with zero attached hydrogens (tertiary/aromatic N) is 1. The SMILES string of the molecule is Cc1ccc(-c2cc(C(=O)Nc3ccc(NC(=O)c4cccs4)cc3)on2)cc1. The summed E-state index contributed by atoms with van der Waals surface area (Å²) in [7, 11) is 0. The van der Waals surface area contributed by atoms with Gasteiger partial charge in [0.05, 0.1) is 4.88 Å². The van der Waals surface area contributed by atoms with Crippen LogP contribution in [-0.2, 0) is 0 Å². The first-order valence-electron chi connectivity index (χ1n) is 8.88. The van der Waals surface area contributed by atoms with Crippen molar-refractivity contribution in [1.82, 2.24) is 5.16 Å². The smallest absolute Gasteiger partial charge is 0.294 e. The van der Waals surface area contributed by atoms with E-state index in [4.69, 9.17) is 4.52 Å². The van der Waals surface area contributed by atoms with E-state index in [-0.39, 0.29) is 11.7 Å². The quantitative estimate of drug-likeness (QED) is 0.479. The Morgan fingerprint density at radius 1 is 0.897 bits per heavy atom. The van der Waals surface area contributed by atoms with E-state index in [0.717, 1.165) is 11.1 Å². The van der Waals surface area contributed by atoms with Gasteiger partial charge in [-0.2, -0.15) is 0 Å². The highest BCUT2D eigenvalue weighted by Gasteiger charge is 2.14. The fourth-order valence-electron chi connectivity index (χ4n) is 2.67. The topological polar surface area (TPSA) is 84.2 Å². The van der Waals surface area contributed by atoms with E-state index in [1.165, 1.54) is 11.3 Å². The molecule has 2 heterocycles. The van der Waals surface area contributed by atoms with Gasteiger partial charge in [-0.15, -0.1) is 11.3 Å². The van der Waals surface area contributed by atoms with Gasteiger partial charge in [-0.05, 0) is 42.6 Å². The van der Waals surface area contributed by atoms with Gasteiger partial charge in [0.25, 0.3) is 11.8 Å². The van der Waals surface area contributed by atoms with Gasteiger partial charge in [0.15, 0.2) is 0 Å². The summed E-state index contributed by atoms with van der Waals surface area (Å²) in [6.07, 6.45) is 0. The first-order valence-corrected chi connectivity index (χ1v) is 9.76. The van der Waals surface area contributed by atoms with Crippen LogP contribution in [0.5, 0.6) is 0 Å². The molecular weight excluding hydrogens is 386 g/mol. The van der Waals surface area contributed by atoms with E-state index >= 15 is 0 Å². The number of amides is 2. The van der Waals surface area contributed by atoms with Gasteiger partial charge >= 0.3 is 0 Å². The summed E-state index contributed by atoms with van der Waals surface area (Å²) in [5.41, 5.74) is 3.84. The third-order valence-electron chi connectivity index (χ3n) is 4.23. The molecular formula is C22H17N3O3S. The molecule has 0 fully saturated rings. The van der Waals surface area contributed by atoms with Crippen LogP contribution in [0.25, 0.3) is 11.3 Å². The van der Waals surface area contributed by atoms with Crippen LogP contribution < -0.4 is 10.6 Å². The van der Waals surface area contributed by atoms with Crippen molar-refractivity contribution in [3.05, 3.63) is 88.3 Å². The number of carbonyl (C=O) groups excluding carboxylic acids is 2. The molecule has 4 aromatic rings. The molecule has 0 radical (unpaired) electrons. The maximum absolute atomic E-state index is 12.4. The van der Waals surface area contributed by atoms with Gasteiger partial charge in [0.2, 0.25) is 5.76 Å². The van der Waals surface area contributed by atoms with Crippen molar-refractivity contribution in [2.75, 3.05) is 10.6 Å². The third-order valence-corrected chi connectivity index (χ3v) is 5.10. The number of benzene rings is 2. The van der Waals surface area contributed by atoms with Crippen molar-refractivity contribution < 1.29 is 14.1 Å². The van der Waals surface area contributed by atoms with E-state index in [9.17, 15) is 9.59 Å². The summed E-state index contributed by atoms with van der Waals surface area (Å²) in [6.45, 7) is 2.00. The Morgan fingerprint density at radius 2 is 1.55 bits per heavy atom. The molecule has 0 saturated carbocycles. The summed E-state index contributed by atoms with van der Waals surface area (Å²) in [5.74, 6) is -0.441. The van der Waals surface area contributed by atoms with Crippen LogP contribution in [0.2, 0.25) is 0 Å². The van der Waals surface area contributed by atoms with Crippen molar-refractivity contribution in [2.45, 2.75) is 6.92 Å². The van der Waals surface area contributed by atoms with Crippen LogP contribution >= 0.6 is 11.3 Å². The molecule has 0 aliphatic heterocycles. The number of rotatable bonds is 5. The van der Waals surface area contributed by atoms with Crippen LogP contribution in [-0.4, -0.2) is 17.0 Å². The second-order valence-electron chi connectivity index (χ2n) is 6.41. The Labute approximate surface area is 171 Å². The van der Waals surface area contributed by atoms with Gasteiger partial charge in [0, 0.05) is 23.0 Å². The molecule has 0 aliphatic rings. The zero-order valence-corrected chi connectivity index (χ0v) is 16.3. The standard InChI is InChI=1S/C22H17N3O3S/c1-14-4-6-15(7-5-14)18-13-19(28-25-18)21(26)23-16-8-10-17(11-9-16)24-22(27)20-3-2-12-29-20/h2-13H,1H3,(H,23,26)(H,24,27). The molecule has 144 valence electrons. The van der Waals surface area contributed by atoms with Crippen LogP contribution in [0.4, 0.5) is 11.4 Å². The summed E-state index contributed by atoms with van der Waals surface area (Å²) in [5, 5.41) is 11.4. The monoisotopic (exact) mass is 403 g/mol. The molecule has 0 aliphatic carbocycles. The minimum absolute atomic E-state index is 0.121. The van der Waals surface area contributed by atoms with Crippen molar-refractivity contribution in [3.63, 3.8) is 0 Å². The molecule has 2 aromatic carbocycles. The van der Waals surface area contributed by atoms with Crippen molar-refractivity contribution in [3.8, 4) is 11.3 Å². The lowest BCUT2D eigenvalue weighted by Crippen LogP contribution is -2.12. The lowest BCUT2D eigenvalue weighted by atomic mass is 10.1. The van der Waals surface area contributed by atoms with Crippen LogP contribution in [0.1, 0.15) is 25.8 Å². The highest BCUT2D eigenvalue weighted by atomic mass is 32.1. The molecule has 0 unspecified atom stereocenters. The maximum Gasteiger partial charge on any atom is 0.294 e. The van der Waals surface area contributed by atoms with Crippen molar-refractivity contribution in [1.29, 1.82) is 0 Å². The highest BCUT2D eigenvalue weighted by Crippen LogP contribution is 2.21. The zero-order valence-electron chi connectivity index (χ0n) is 15.5. The van der Waals surface area contributed by atoms with Gasteiger partial charge in [-0.25, -0.2) is 0 Å². The van der Waals surface area contributed by atoms with Gasteiger partial charge in [-0.1, -0.05) is 41.1 Å². The summed E-state index contributed by atoms with van der Waals surface area (Å²) >= 11 is 1.38. The molecule has 7 heteroatoms. The fourth-order valence-corrected chi connectivity index (χ4v) is 3.29. The summed E-state index contributed by atoms with van der Waals surface area (Å²) in [4.78, 5) is 25.1. The van der Waals surface area contributed by atoms with Crippen LogP contribution in [0.15, 0.2) is 76.6 Å². The number of aryl methyl sites for hydroxylation is 1. The maximum atomic E-state index is 12.4. The van der Waals surface area contributed by atoms with E-state index < -0.39 is 5.91 Å². The van der Waals surface area contributed by atoms with Crippen LogP contribution in [0.3, 0.4) is 0 Å². The second-order valence-corrected chi connectivity index (χ2v) is 7.35. The van der Waals surface area contributed by atoms with Crippen LogP contribution in [0, 0.1) is 6.92 Å². The molecule has 2 aromatic heterocycles. The predicted molar refractivity (Wildman–Crippen MR) is 113 cm³/mol. The zero-order chi connectivity index (χ0) is 20.2. The number of aromatic nitrogens is 1. The molecule has 0 bridgehead atoms.